The van der Waals surface area contributed by atoms with Crippen LogP contribution in [0.25, 0.3) is 0 Å². The molecule has 0 aromatic heterocycles. The van der Waals surface area contributed by atoms with E-state index in [0.29, 0.717) is 12.3 Å². The topological polar surface area (TPSA) is 78.5 Å². The summed E-state index contributed by atoms with van der Waals surface area (Å²) in [5, 5.41) is 5.58. The Bertz CT molecular complexity index is 719. The lowest BCUT2D eigenvalue weighted by atomic mass is 9.92. The van der Waals surface area contributed by atoms with Crippen LogP contribution in [0.2, 0.25) is 0 Å². The molecule has 1 fully saturated rings. The van der Waals surface area contributed by atoms with Crippen LogP contribution in [0.3, 0.4) is 0 Å². The highest BCUT2D eigenvalue weighted by atomic mass is 16.2. The fourth-order valence-corrected chi connectivity index (χ4v) is 3.34. The van der Waals surface area contributed by atoms with Crippen molar-refractivity contribution in [1.82, 2.24) is 10.2 Å². The Morgan fingerprint density at radius 1 is 1.19 bits per heavy atom. The number of rotatable bonds is 6. The summed E-state index contributed by atoms with van der Waals surface area (Å²) in [7, 11) is 0. The number of hydrogen-bond acceptors (Lipinski definition) is 3. The van der Waals surface area contributed by atoms with Gasteiger partial charge < -0.3 is 10.6 Å². The number of carbonyl (C=O) groups is 3. The van der Waals surface area contributed by atoms with Crippen LogP contribution in [0.1, 0.15) is 50.3 Å². The molecule has 2 rings (SSSR count). The first-order valence-electron chi connectivity index (χ1n) is 9.05. The molecule has 0 bridgehead atoms. The molecule has 1 aromatic rings. The van der Waals surface area contributed by atoms with Gasteiger partial charge in [-0.1, -0.05) is 31.5 Å². The number of benzene rings is 1. The number of amides is 4. The van der Waals surface area contributed by atoms with Crippen LogP contribution in [0.4, 0.5) is 10.5 Å². The van der Waals surface area contributed by atoms with Crippen molar-refractivity contribution in [3.05, 3.63) is 28.8 Å². The van der Waals surface area contributed by atoms with Crippen molar-refractivity contribution in [2.75, 3.05) is 11.9 Å². The molecule has 0 saturated carbocycles. The number of nitrogens with one attached hydrogen (secondary N) is 2. The van der Waals surface area contributed by atoms with Crippen molar-refractivity contribution < 1.29 is 14.4 Å². The normalized spacial score (nSPS) is 19.9. The lowest BCUT2D eigenvalue weighted by Gasteiger charge is -2.22. The van der Waals surface area contributed by atoms with E-state index in [9.17, 15) is 14.4 Å². The average molecular weight is 359 g/mol. The third-order valence-electron chi connectivity index (χ3n) is 4.81. The fraction of sp³-hybridized carbons (Fsp3) is 0.550. The number of nitrogens with zero attached hydrogens (tertiary/aromatic N) is 1. The first-order valence-corrected chi connectivity index (χ1v) is 9.05. The lowest BCUT2D eigenvalue weighted by Crippen LogP contribution is -2.44. The maximum absolute atomic E-state index is 12.7. The molecule has 26 heavy (non-hydrogen) atoms. The first kappa shape index (κ1) is 19.9. The van der Waals surface area contributed by atoms with E-state index in [-0.39, 0.29) is 18.4 Å². The minimum Gasteiger partial charge on any atom is -0.324 e. The molecule has 142 valence electrons. The number of aryl methyl sites for hydroxylation is 3. The summed E-state index contributed by atoms with van der Waals surface area (Å²) in [4.78, 5) is 38.4. The molecule has 1 unspecified atom stereocenters. The van der Waals surface area contributed by atoms with Gasteiger partial charge in [0.15, 0.2) is 0 Å². The highest BCUT2D eigenvalue weighted by Crippen LogP contribution is 2.25. The highest BCUT2D eigenvalue weighted by molar-refractivity contribution is 6.10. The monoisotopic (exact) mass is 359 g/mol. The van der Waals surface area contributed by atoms with Crippen molar-refractivity contribution in [3.63, 3.8) is 0 Å². The molecule has 1 aliphatic rings. The molecule has 4 amide bonds. The van der Waals surface area contributed by atoms with Gasteiger partial charge in [0.1, 0.15) is 12.1 Å². The Hall–Kier alpha value is -2.37. The van der Waals surface area contributed by atoms with E-state index in [1.54, 1.807) is 6.92 Å². The number of urea groups is 1. The zero-order chi connectivity index (χ0) is 19.6. The molecule has 1 atom stereocenters. The smallest absolute Gasteiger partial charge is 0.324 e. The molecule has 1 heterocycles. The summed E-state index contributed by atoms with van der Waals surface area (Å²) in [5.74, 6) is -0.284. The van der Waals surface area contributed by atoms with Crippen molar-refractivity contribution in [1.29, 1.82) is 0 Å². The van der Waals surface area contributed by atoms with Crippen LogP contribution < -0.4 is 10.6 Å². The Kier molecular flexibility index (Phi) is 5.74. The molecule has 0 radical (unpaired) electrons. The van der Waals surface area contributed by atoms with Crippen LogP contribution >= 0.6 is 0 Å². The van der Waals surface area contributed by atoms with E-state index in [0.717, 1.165) is 33.7 Å². The van der Waals surface area contributed by atoms with Crippen LogP contribution in [0.5, 0.6) is 0 Å². The molecule has 0 spiro atoms. The second-order valence-electron chi connectivity index (χ2n) is 7.91. The summed E-state index contributed by atoms with van der Waals surface area (Å²) < 4.78 is 0. The molecule has 6 heteroatoms. The van der Waals surface area contributed by atoms with E-state index in [1.165, 1.54) is 0 Å². The second kappa shape index (κ2) is 7.48. The molecule has 2 N–H and O–H groups in total. The van der Waals surface area contributed by atoms with E-state index in [4.69, 9.17) is 0 Å². The van der Waals surface area contributed by atoms with Crippen LogP contribution in [0.15, 0.2) is 12.1 Å². The third-order valence-corrected chi connectivity index (χ3v) is 4.81. The van der Waals surface area contributed by atoms with Gasteiger partial charge in [0.05, 0.1) is 0 Å². The number of imide groups is 1. The third kappa shape index (κ3) is 4.23. The van der Waals surface area contributed by atoms with Gasteiger partial charge >= 0.3 is 6.03 Å². The Morgan fingerprint density at radius 2 is 1.77 bits per heavy atom. The van der Waals surface area contributed by atoms with E-state index < -0.39 is 11.6 Å². The first-order chi connectivity index (χ1) is 12.0. The molecular weight excluding hydrogens is 330 g/mol. The minimum atomic E-state index is -0.933. The number of hydrogen-bond donors (Lipinski definition) is 2. The number of anilines is 1. The van der Waals surface area contributed by atoms with Gasteiger partial charge in [0.2, 0.25) is 5.91 Å². The molecule has 1 saturated heterocycles. The molecular formula is C20H29N3O3. The zero-order valence-corrected chi connectivity index (χ0v) is 16.5. The van der Waals surface area contributed by atoms with Gasteiger partial charge in [0, 0.05) is 5.69 Å². The average Bonchev–Trinajstić information content (AvgIpc) is 2.73. The second-order valence-corrected chi connectivity index (χ2v) is 7.91. The Morgan fingerprint density at radius 3 is 2.31 bits per heavy atom. The summed E-state index contributed by atoms with van der Waals surface area (Å²) in [5.41, 5.74) is 2.82. The van der Waals surface area contributed by atoms with Crippen molar-refractivity contribution in [2.24, 2.45) is 5.92 Å². The summed E-state index contributed by atoms with van der Waals surface area (Å²) >= 11 is 0. The fourth-order valence-electron chi connectivity index (χ4n) is 3.34. The molecule has 0 aliphatic carbocycles. The summed E-state index contributed by atoms with van der Waals surface area (Å²) in [6.45, 7) is 11.4. The zero-order valence-electron chi connectivity index (χ0n) is 16.5. The molecule has 6 nitrogen and oxygen atoms in total. The predicted molar refractivity (Wildman–Crippen MR) is 102 cm³/mol. The van der Waals surface area contributed by atoms with Crippen molar-refractivity contribution in [3.8, 4) is 0 Å². The van der Waals surface area contributed by atoms with Crippen LogP contribution in [0, 0.1) is 26.7 Å². The summed E-state index contributed by atoms with van der Waals surface area (Å²) in [6.07, 6.45) is 1.38. The number of carbonyl (C=O) groups excluding carboxylic acids is 3. The van der Waals surface area contributed by atoms with E-state index in [2.05, 4.69) is 24.5 Å². The molecule has 1 aliphatic heterocycles. The van der Waals surface area contributed by atoms with Gasteiger partial charge in [0.25, 0.3) is 5.91 Å². The Balaban J connectivity index is 2.07. The highest BCUT2D eigenvalue weighted by Gasteiger charge is 2.47. The maximum Gasteiger partial charge on any atom is 0.325 e. The predicted octanol–water partition coefficient (Wildman–Crippen LogP) is 3.30. The quantitative estimate of drug-likeness (QED) is 0.765. The van der Waals surface area contributed by atoms with Crippen molar-refractivity contribution in [2.45, 2.75) is 59.9 Å². The van der Waals surface area contributed by atoms with E-state index >= 15 is 0 Å². The van der Waals surface area contributed by atoms with Gasteiger partial charge in [-0.25, -0.2) is 4.79 Å². The SMILES string of the molecule is Cc1cc(C)c(NC(=O)CN2C(=O)NC(C)(CCC(C)C)C2=O)c(C)c1. The Labute approximate surface area is 155 Å². The molecule has 1 aromatic carbocycles. The van der Waals surface area contributed by atoms with Gasteiger partial charge in [-0.15, -0.1) is 0 Å². The maximum atomic E-state index is 12.7. The van der Waals surface area contributed by atoms with Crippen LogP contribution in [-0.4, -0.2) is 34.8 Å². The summed E-state index contributed by atoms with van der Waals surface area (Å²) in [6, 6.07) is 3.47. The van der Waals surface area contributed by atoms with Crippen LogP contribution in [-0.2, 0) is 9.59 Å². The largest absolute Gasteiger partial charge is 0.325 e. The van der Waals surface area contributed by atoms with Gasteiger partial charge in [-0.05, 0) is 57.6 Å². The minimum absolute atomic E-state index is 0.283. The lowest BCUT2D eigenvalue weighted by molar-refractivity contribution is -0.133. The van der Waals surface area contributed by atoms with Crippen molar-refractivity contribution >= 4 is 23.5 Å². The standard InChI is InChI=1S/C20H29N3O3/c1-12(2)7-8-20(6)18(25)23(19(26)22-20)11-16(24)21-17-14(4)9-13(3)10-15(17)5/h9-10,12H,7-8,11H2,1-6H3,(H,21,24)(H,22,26). The van der Waals surface area contributed by atoms with Gasteiger partial charge in [-0.3, -0.25) is 14.5 Å². The van der Waals surface area contributed by atoms with E-state index in [1.807, 2.05) is 32.9 Å². The van der Waals surface area contributed by atoms with Gasteiger partial charge in [-0.2, -0.15) is 0 Å².